The number of anilines is 1. The minimum atomic E-state index is -2.53. The lowest BCUT2D eigenvalue weighted by molar-refractivity contribution is -0.394. The molecular weight excluding hydrogens is 398 g/mol. The molecule has 1 aliphatic rings. The van der Waals surface area contributed by atoms with Crippen molar-refractivity contribution in [1.82, 2.24) is 19.5 Å². The van der Waals surface area contributed by atoms with Crippen LogP contribution in [0.15, 0.2) is 6.33 Å². The molecule has 0 radical (unpaired) electrons. The number of aromatic nitrogens is 4. The fourth-order valence-electron chi connectivity index (χ4n) is 3.12. The number of ether oxygens (including phenoxy) is 1. The fourth-order valence-corrected chi connectivity index (χ4v) is 3.12. The van der Waals surface area contributed by atoms with Gasteiger partial charge in [-0.25, -0.2) is 9.78 Å². The van der Waals surface area contributed by atoms with Crippen LogP contribution in [0.5, 0.6) is 0 Å². The molecule has 2 aromatic rings. The molecule has 0 saturated carbocycles. The first-order chi connectivity index (χ1) is 13.5. The van der Waals surface area contributed by atoms with Crippen molar-refractivity contribution < 1.29 is 39.7 Å². The summed E-state index contributed by atoms with van der Waals surface area (Å²) >= 11 is 0. The van der Waals surface area contributed by atoms with Crippen LogP contribution >= 0.6 is 0 Å². The lowest BCUT2D eigenvalue weighted by Gasteiger charge is -2.30. The van der Waals surface area contributed by atoms with Gasteiger partial charge < -0.3 is 46.7 Å². The highest BCUT2D eigenvalue weighted by molar-refractivity contribution is 5.82. The number of carboxylic acids is 1. The van der Waals surface area contributed by atoms with Crippen molar-refractivity contribution in [3.8, 4) is 0 Å². The number of nitrogens with zero attached hydrogens (tertiary/aromatic N) is 5. The monoisotopic (exact) mass is 413 g/mol. The van der Waals surface area contributed by atoms with Crippen molar-refractivity contribution in [2.45, 2.75) is 36.6 Å². The van der Waals surface area contributed by atoms with E-state index in [0.717, 1.165) is 10.9 Å². The van der Waals surface area contributed by atoms with Crippen molar-refractivity contribution in [1.29, 1.82) is 0 Å². The van der Waals surface area contributed by atoms with Crippen LogP contribution in [0.4, 0.5) is 11.8 Å². The zero-order valence-electron chi connectivity index (χ0n) is 14.3. The lowest BCUT2D eigenvalue weighted by Crippen LogP contribution is -2.51. The molecule has 3 heterocycles. The van der Waals surface area contributed by atoms with Crippen LogP contribution < -0.4 is 11.5 Å². The number of aliphatic hydroxyl groups is 3. The van der Waals surface area contributed by atoms with Gasteiger partial charge >= 0.3 is 11.9 Å². The maximum atomic E-state index is 11.4. The number of nitrogens with two attached hydrogens (primary N) is 2. The van der Waals surface area contributed by atoms with Crippen molar-refractivity contribution >= 4 is 34.8 Å². The Labute approximate surface area is 159 Å². The third kappa shape index (κ3) is 3.18. The number of nitro groups is 1. The van der Waals surface area contributed by atoms with E-state index in [1.165, 1.54) is 0 Å². The van der Waals surface area contributed by atoms with Crippen molar-refractivity contribution in [2.24, 2.45) is 5.73 Å². The van der Waals surface area contributed by atoms with Crippen LogP contribution in [0.1, 0.15) is 12.6 Å². The van der Waals surface area contributed by atoms with E-state index in [1.54, 1.807) is 0 Å². The lowest BCUT2D eigenvalue weighted by atomic mass is 9.88. The Morgan fingerprint density at radius 2 is 2.10 bits per heavy atom. The Morgan fingerprint density at radius 3 is 2.66 bits per heavy atom. The molecule has 16 nitrogen and oxygen atoms in total. The van der Waals surface area contributed by atoms with Crippen molar-refractivity contribution in [2.75, 3.05) is 5.73 Å². The summed E-state index contributed by atoms with van der Waals surface area (Å²) in [4.78, 5) is 43.6. The van der Waals surface area contributed by atoms with Gasteiger partial charge in [0.25, 0.3) is 0 Å². The van der Waals surface area contributed by atoms with Crippen LogP contribution in [0, 0.1) is 10.1 Å². The summed E-state index contributed by atoms with van der Waals surface area (Å²) in [7, 11) is 0. The Hall–Kier alpha value is -3.47. The Bertz CT molecular complexity index is 1010. The molecule has 0 aliphatic carbocycles. The van der Waals surface area contributed by atoms with E-state index in [-0.39, 0.29) is 17.0 Å². The molecular formula is C13H15N7O9. The van der Waals surface area contributed by atoms with Gasteiger partial charge in [0.2, 0.25) is 17.4 Å². The number of carbonyl (C=O) groups excluding carboxylic acids is 1. The van der Waals surface area contributed by atoms with Gasteiger partial charge in [0.1, 0.15) is 24.1 Å². The fraction of sp³-hybridized carbons (Fsp3) is 0.462. The number of fused-ring (bicyclic) bond motifs is 1. The van der Waals surface area contributed by atoms with Gasteiger partial charge in [-0.1, -0.05) is 0 Å². The summed E-state index contributed by atoms with van der Waals surface area (Å²) in [6.45, 7) is 0. The first kappa shape index (κ1) is 20.3. The average molecular weight is 413 g/mol. The molecule has 16 heteroatoms. The molecule has 1 fully saturated rings. The molecule has 29 heavy (non-hydrogen) atoms. The van der Waals surface area contributed by atoms with Gasteiger partial charge in [0.05, 0.1) is 6.42 Å². The number of primary amides is 1. The van der Waals surface area contributed by atoms with Crippen molar-refractivity contribution in [3.05, 3.63) is 16.4 Å². The molecule has 1 saturated heterocycles. The number of carboxylic acid groups (broad SMARTS) is 1. The highest BCUT2D eigenvalue weighted by Crippen LogP contribution is 2.43. The second-order valence-corrected chi connectivity index (χ2v) is 6.31. The second kappa shape index (κ2) is 6.85. The maximum Gasteiger partial charge on any atom is 0.473 e. The van der Waals surface area contributed by atoms with Crippen molar-refractivity contribution in [3.63, 3.8) is 0 Å². The summed E-state index contributed by atoms with van der Waals surface area (Å²) in [6, 6.07) is 0. The highest BCUT2D eigenvalue weighted by Gasteiger charge is 2.60. The maximum absolute atomic E-state index is 11.4. The number of aliphatic carboxylic acids is 1. The van der Waals surface area contributed by atoms with E-state index in [4.69, 9.17) is 21.3 Å². The van der Waals surface area contributed by atoms with Crippen LogP contribution in [0.25, 0.3) is 11.2 Å². The van der Waals surface area contributed by atoms with Gasteiger partial charge in [-0.15, -0.1) is 0 Å². The zero-order valence-corrected chi connectivity index (χ0v) is 14.3. The molecule has 3 unspecified atom stereocenters. The van der Waals surface area contributed by atoms with Gasteiger partial charge in [-0.2, -0.15) is 0 Å². The number of nitrogen functional groups attached to an aromatic ring is 1. The molecule has 1 amide bonds. The third-order valence-corrected chi connectivity index (χ3v) is 4.41. The van der Waals surface area contributed by atoms with Crippen LogP contribution in [-0.4, -0.2) is 80.7 Å². The molecule has 8 N–H and O–H groups in total. The number of aliphatic hydroxyl groups excluding tert-OH is 2. The minimum Gasteiger partial charge on any atom is -0.479 e. The number of rotatable bonds is 6. The Balaban J connectivity index is 2.17. The predicted octanol–water partition coefficient (Wildman–Crippen LogP) is -3.37. The van der Waals surface area contributed by atoms with Crippen LogP contribution in [-0.2, 0) is 14.3 Å². The van der Waals surface area contributed by atoms with E-state index in [1.807, 2.05) is 0 Å². The Morgan fingerprint density at radius 1 is 1.45 bits per heavy atom. The number of hydrogen-bond acceptors (Lipinski definition) is 12. The standard InChI is InChI=1S/C13H15N7O9/c14-3(21)1-13(26)7(23)6(5(22)10(24)25)29-11(13)19-2-16-4-8(15)17-12(20(27)28)18-9(4)19/h2,5-7,11,22-23,26H,1H2,(H2,14,21)(H,24,25)(H2,15,17,18)/t5?,6-,7?,11-,13?/m1/s1. The SMILES string of the molecule is NC(=O)CC1(O)C(O)[C@@H](C(O)C(=O)O)O[C@H]1n1cnc2c(N)nc([N+](=O)[O-])nc21. The second-order valence-electron chi connectivity index (χ2n) is 6.31. The van der Waals surface area contributed by atoms with Gasteiger partial charge in [-0.05, 0) is 14.9 Å². The smallest absolute Gasteiger partial charge is 0.473 e. The van der Waals surface area contributed by atoms with Crippen LogP contribution in [0.2, 0.25) is 0 Å². The summed E-state index contributed by atoms with van der Waals surface area (Å²) < 4.78 is 6.21. The number of imidazole rings is 1. The highest BCUT2D eigenvalue weighted by atomic mass is 16.6. The topological polar surface area (TPSA) is 263 Å². The van der Waals surface area contributed by atoms with E-state index in [0.29, 0.717) is 0 Å². The number of hydrogen-bond donors (Lipinski definition) is 6. The summed E-state index contributed by atoms with van der Waals surface area (Å²) in [5.74, 6) is -4.14. The molecule has 2 aromatic heterocycles. The summed E-state index contributed by atoms with van der Waals surface area (Å²) in [5, 5.41) is 51.1. The zero-order chi connectivity index (χ0) is 21.7. The molecule has 3 rings (SSSR count). The average Bonchev–Trinajstić information content (AvgIpc) is 3.14. The van der Waals surface area contributed by atoms with E-state index < -0.39 is 59.3 Å². The van der Waals surface area contributed by atoms with Gasteiger partial charge in [-0.3, -0.25) is 9.36 Å². The first-order valence-corrected chi connectivity index (χ1v) is 7.87. The number of amides is 1. The molecule has 0 spiro atoms. The molecule has 156 valence electrons. The first-order valence-electron chi connectivity index (χ1n) is 7.87. The molecule has 5 atom stereocenters. The normalized spacial score (nSPS) is 27.8. The Kier molecular flexibility index (Phi) is 4.79. The summed E-state index contributed by atoms with van der Waals surface area (Å²) in [6.07, 6.45) is -7.95. The van der Waals surface area contributed by atoms with E-state index in [9.17, 15) is 35.0 Å². The molecule has 1 aliphatic heterocycles. The van der Waals surface area contributed by atoms with Gasteiger partial charge in [0, 0.05) is 0 Å². The molecule has 0 bridgehead atoms. The van der Waals surface area contributed by atoms with Crippen LogP contribution in [0.3, 0.4) is 0 Å². The van der Waals surface area contributed by atoms with Gasteiger partial charge in [0.15, 0.2) is 17.8 Å². The van der Waals surface area contributed by atoms with E-state index in [2.05, 4.69) is 15.0 Å². The van der Waals surface area contributed by atoms with E-state index >= 15 is 0 Å². The minimum absolute atomic E-state index is 0.127. The molecule has 0 aromatic carbocycles. The number of carbonyl (C=O) groups is 2. The quantitative estimate of drug-likeness (QED) is 0.200. The largest absolute Gasteiger partial charge is 0.479 e. The predicted molar refractivity (Wildman–Crippen MR) is 88.7 cm³/mol. The third-order valence-electron chi connectivity index (χ3n) is 4.41. The summed E-state index contributed by atoms with van der Waals surface area (Å²) in [5.41, 5.74) is 7.76.